The molecule has 0 atom stereocenters. The zero-order valence-electron chi connectivity index (χ0n) is 10.5. The molecule has 7 heteroatoms. The first-order valence-corrected chi connectivity index (χ1v) is 7.76. The number of anilines is 1. The third-order valence-corrected chi connectivity index (χ3v) is 4.08. The van der Waals surface area contributed by atoms with Gasteiger partial charge in [0.05, 0.1) is 32.7 Å². The third kappa shape index (κ3) is 4.13. The molecule has 0 radical (unpaired) electrons. The number of hydrogen-bond donors (Lipinski definition) is 2. The summed E-state index contributed by atoms with van der Waals surface area (Å²) in [5.41, 5.74) is 6.10. The predicted octanol–water partition coefficient (Wildman–Crippen LogP) is 4.27. The van der Waals surface area contributed by atoms with E-state index in [2.05, 4.69) is 17.2 Å². The van der Waals surface area contributed by atoms with Crippen LogP contribution < -0.4 is 11.1 Å². The van der Waals surface area contributed by atoms with Crippen LogP contribution in [0, 0.1) is 11.8 Å². The molecule has 1 aromatic carbocycles. The maximum absolute atomic E-state index is 12.2. The molecule has 108 valence electrons. The molecule has 0 saturated heterocycles. The molecule has 0 fully saturated rings. The molecule has 1 aromatic heterocycles. The Balaban J connectivity index is 2.20. The zero-order valence-corrected chi connectivity index (χ0v) is 13.6. The fourth-order valence-corrected chi connectivity index (χ4v) is 3.17. The number of carbonyl (C=O) groups excluding carboxylic acids is 1. The fraction of sp³-hybridized carbons (Fsp3) is 0.0714. The lowest BCUT2D eigenvalue weighted by molar-refractivity contribution is 0.102. The van der Waals surface area contributed by atoms with Gasteiger partial charge in [0.25, 0.3) is 5.91 Å². The summed E-state index contributed by atoms with van der Waals surface area (Å²) in [5, 5.41) is 5.32. The molecule has 0 aliphatic rings. The highest BCUT2D eigenvalue weighted by Gasteiger charge is 2.14. The highest BCUT2D eigenvalue weighted by molar-refractivity contribution is 7.10. The fourth-order valence-electron chi connectivity index (χ4n) is 1.51. The predicted molar refractivity (Wildman–Crippen MR) is 89.7 cm³/mol. The number of hydrogen-bond acceptors (Lipinski definition) is 3. The number of thiophene rings is 1. The molecule has 0 aliphatic heterocycles. The Morgan fingerprint density at radius 3 is 2.52 bits per heavy atom. The van der Waals surface area contributed by atoms with E-state index in [0.29, 0.717) is 16.3 Å². The Morgan fingerprint density at radius 1 is 1.24 bits per heavy atom. The standard InChI is InChI=1S/C14H9Cl3N2OS/c15-9-5-11(16)13(12(17)6-9)19-14(20)8-4-10(21-7-8)2-1-3-18/h4-7H,3,18H2,(H,19,20). The molecule has 0 spiro atoms. The van der Waals surface area contributed by atoms with E-state index < -0.39 is 0 Å². The van der Waals surface area contributed by atoms with Crippen molar-refractivity contribution in [3.63, 3.8) is 0 Å². The number of nitrogens with one attached hydrogen (secondary N) is 1. The van der Waals surface area contributed by atoms with E-state index in [1.807, 2.05) is 0 Å². The maximum Gasteiger partial charge on any atom is 0.256 e. The molecule has 3 N–H and O–H groups in total. The number of amides is 1. The minimum Gasteiger partial charge on any atom is -0.320 e. The monoisotopic (exact) mass is 358 g/mol. The van der Waals surface area contributed by atoms with E-state index in [1.54, 1.807) is 11.4 Å². The van der Waals surface area contributed by atoms with Crippen LogP contribution in [0.25, 0.3) is 0 Å². The number of benzene rings is 1. The minimum absolute atomic E-state index is 0.273. The van der Waals surface area contributed by atoms with Gasteiger partial charge in [-0.3, -0.25) is 4.79 Å². The topological polar surface area (TPSA) is 55.1 Å². The summed E-state index contributed by atoms with van der Waals surface area (Å²) in [6.45, 7) is 0.273. The van der Waals surface area contributed by atoms with Crippen molar-refractivity contribution < 1.29 is 4.79 Å². The number of nitrogens with two attached hydrogens (primary N) is 1. The van der Waals surface area contributed by atoms with Crippen LogP contribution >= 0.6 is 46.1 Å². The van der Waals surface area contributed by atoms with Crippen molar-refractivity contribution in [3.05, 3.63) is 49.1 Å². The van der Waals surface area contributed by atoms with Crippen LogP contribution in [-0.2, 0) is 0 Å². The van der Waals surface area contributed by atoms with Crippen LogP contribution in [0.15, 0.2) is 23.6 Å². The number of halogens is 3. The highest BCUT2D eigenvalue weighted by atomic mass is 35.5. The first-order chi connectivity index (χ1) is 10.0. The van der Waals surface area contributed by atoms with E-state index >= 15 is 0 Å². The first kappa shape index (κ1) is 16.2. The zero-order chi connectivity index (χ0) is 15.4. The van der Waals surface area contributed by atoms with Crippen LogP contribution in [0.1, 0.15) is 15.2 Å². The smallest absolute Gasteiger partial charge is 0.256 e. The summed E-state index contributed by atoms with van der Waals surface area (Å²) in [7, 11) is 0. The minimum atomic E-state index is -0.321. The summed E-state index contributed by atoms with van der Waals surface area (Å²) >= 11 is 19.2. The van der Waals surface area contributed by atoms with Gasteiger partial charge in [0.1, 0.15) is 0 Å². The molecular formula is C14H9Cl3N2OS. The summed E-state index contributed by atoms with van der Waals surface area (Å²) in [6.07, 6.45) is 0. The molecule has 2 rings (SSSR count). The molecule has 21 heavy (non-hydrogen) atoms. The molecule has 0 unspecified atom stereocenters. The van der Waals surface area contributed by atoms with Crippen molar-refractivity contribution in [1.29, 1.82) is 0 Å². The van der Waals surface area contributed by atoms with Crippen molar-refractivity contribution in [2.24, 2.45) is 5.73 Å². The van der Waals surface area contributed by atoms with E-state index in [-0.39, 0.29) is 22.5 Å². The second-order valence-electron chi connectivity index (χ2n) is 3.90. The third-order valence-electron chi connectivity index (χ3n) is 2.42. The van der Waals surface area contributed by atoms with Gasteiger partial charge in [0, 0.05) is 10.4 Å². The molecule has 1 amide bonds. The molecule has 0 aliphatic carbocycles. The van der Waals surface area contributed by atoms with Crippen LogP contribution in [0.2, 0.25) is 15.1 Å². The van der Waals surface area contributed by atoms with Gasteiger partial charge in [-0.1, -0.05) is 46.6 Å². The van der Waals surface area contributed by atoms with Crippen LogP contribution in [-0.4, -0.2) is 12.5 Å². The van der Waals surface area contributed by atoms with E-state index in [9.17, 15) is 4.79 Å². The molecule has 2 aromatic rings. The lowest BCUT2D eigenvalue weighted by atomic mass is 10.2. The van der Waals surface area contributed by atoms with Crippen molar-refractivity contribution in [1.82, 2.24) is 0 Å². The summed E-state index contributed by atoms with van der Waals surface area (Å²) < 4.78 is 0. The van der Waals surface area contributed by atoms with Crippen molar-refractivity contribution in [3.8, 4) is 11.8 Å². The SMILES string of the molecule is NCC#Cc1cc(C(=O)Nc2c(Cl)cc(Cl)cc2Cl)cs1. The number of rotatable bonds is 2. The van der Waals surface area contributed by atoms with Crippen LogP contribution in [0.5, 0.6) is 0 Å². The maximum atomic E-state index is 12.2. The van der Waals surface area contributed by atoms with Gasteiger partial charge in [-0.15, -0.1) is 11.3 Å². The summed E-state index contributed by atoms with van der Waals surface area (Å²) in [6, 6.07) is 4.70. The molecule has 1 heterocycles. The van der Waals surface area contributed by atoms with Crippen molar-refractivity contribution in [2.75, 3.05) is 11.9 Å². The Kier molecular flexibility index (Phi) is 5.51. The summed E-state index contributed by atoms with van der Waals surface area (Å²) in [5.74, 6) is 5.28. The average molecular weight is 360 g/mol. The van der Waals surface area contributed by atoms with Crippen LogP contribution in [0.4, 0.5) is 5.69 Å². The number of carbonyl (C=O) groups is 1. The Labute approximate surface area is 141 Å². The first-order valence-electron chi connectivity index (χ1n) is 5.74. The molecular weight excluding hydrogens is 351 g/mol. The van der Waals surface area contributed by atoms with Gasteiger partial charge in [0.2, 0.25) is 0 Å². The van der Waals surface area contributed by atoms with E-state index in [0.717, 1.165) is 4.88 Å². The summed E-state index contributed by atoms with van der Waals surface area (Å²) in [4.78, 5) is 12.9. The van der Waals surface area contributed by atoms with Crippen LogP contribution in [0.3, 0.4) is 0 Å². The Morgan fingerprint density at radius 2 is 1.90 bits per heavy atom. The lowest BCUT2D eigenvalue weighted by Crippen LogP contribution is -2.11. The van der Waals surface area contributed by atoms with Crippen molar-refractivity contribution >= 4 is 57.7 Å². The van der Waals surface area contributed by atoms with Gasteiger partial charge < -0.3 is 11.1 Å². The Bertz CT molecular complexity index is 723. The molecule has 3 nitrogen and oxygen atoms in total. The van der Waals surface area contributed by atoms with Gasteiger partial charge in [0.15, 0.2) is 0 Å². The average Bonchev–Trinajstić information content (AvgIpc) is 2.89. The second-order valence-corrected chi connectivity index (χ2v) is 6.07. The lowest BCUT2D eigenvalue weighted by Gasteiger charge is -2.08. The second kappa shape index (κ2) is 7.17. The molecule has 0 saturated carbocycles. The van der Waals surface area contributed by atoms with Gasteiger partial charge in [-0.05, 0) is 18.2 Å². The highest BCUT2D eigenvalue weighted by Crippen LogP contribution is 2.34. The largest absolute Gasteiger partial charge is 0.320 e. The van der Waals surface area contributed by atoms with E-state index in [1.165, 1.54) is 23.5 Å². The molecule has 0 bridgehead atoms. The Hall–Kier alpha value is -1.22. The van der Waals surface area contributed by atoms with Gasteiger partial charge in [-0.25, -0.2) is 0 Å². The van der Waals surface area contributed by atoms with Gasteiger partial charge in [-0.2, -0.15) is 0 Å². The normalized spacial score (nSPS) is 9.90. The van der Waals surface area contributed by atoms with Gasteiger partial charge >= 0.3 is 0 Å². The quantitative estimate of drug-likeness (QED) is 0.787. The van der Waals surface area contributed by atoms with Crippen molar-refractivity contribution in [2.45, 2.75) is 0 Å². The van der Waals surface area contributed by atoms with E-state index in [4.69, 9.17) is 40.5 Å².